The van der Waals surface area contributed by atoms with Crippen molar-refractivity contribution >= 4 is 10.0 Å². The summed E-state index contributed by atoms with van der Waals surface area (Å²) in [5, 5.41) is 12.2. The van der Waals surface area contributed by atoms with Crippen LogP contribution in [0.4, 0.5) is 8.78 Å². The van der Waals surface area contributed by atoms with Crippen molar-refractivity contribution in [2.75, 3.05) is 0 Å². The summed E-state index contributed by atoms with van der Waals surface area (Å²) in [5.41, 5.74) is -0.701. The van der Waals surface area contributed by atoms with Crippen LogP contribution in [0.2, 0.25) is 0 Å². The average molecular weight is 304 g/mol. The Morgan fingerprint density at radius 1 is 1.30 bits per heavy atom. The van der Waals surface area contributed by atoms with E-state index in [1.807, 2.05) is 0 Å². The summed E-state index contributed by atoms with van der Waals surface area (Å²) in [7, 11) is -4.21. The van der Waals surface area contributed by atoms with Crippen LogP contribution in [0.3, 0.4) is 0 Å². The molecule has 0 radical (unpaired) electrons. The number of aliphatic hydroxyl groups is 1. The van der Waals surface area contributed by atoms with Gasteiger partial charge in [-0.05, 0) is 12.1 Å². The Bertz CT molecular complexity index is 701. The average Bonchev–Trinajstić information content (AvgIpc) is 2.90. The van der Waals surface area contributed by atoms with Crippen LogP contribution < -0.4 is 4.72 Å². The van der Waals surface area contributed by atoms with Gasteiger partial charge < -0.3 is 9.63 Å². The third kappa shape index (κ3) is 2.84. The molecule has 0 aliphatic heterocycles. The predicted molar refractivity (Wildman–Crippen MR) is 62.8 cm³/mol. The topological polar surface area (TPSA) is 92.4 Å². The largest absolute Gasteiger partial charge is 0.391 e. The highest BCUT2D eigenvalue weighted by atomic mass is 32.2. The number of benzene rings is 1. The highest BCUT2D eigenvalue weighted by molar-refractivity contribution is 7.89. The summed E-state index contributed by atoms with van der Waals surface area (Å²) in [6.45, 7) is -1.17. The van der Waals surface area contributed by atoms with Crippen molar-refractivity contribution in [2.45, 2.75) is 18.0 Å². The minimum absolute atomic E-state index is 0.229. The van der Waals surface area contributed by atoms with Crippen LogP contribution in [0.1, 0.15) is 11.3 Å². The molecule has 0 aliphatic rings. The van der Waals surface area contributed by atoms with Gasteiger partial charge in [-0.1, -0.05) is 5.16 Å². The Hall–Kier alpha value is -1.84. The number of aromatic nitrogens is 1. The highest BCUT2D eigenvalue weighted by Crippen LogP contribution is 2.21. The van der Waals surface area contributed by atoms with Crippen LogP contribution in [-0.4, -0.2) is 18.7 Å². The van der Waals surface area contributed by atoms with Crippen LogP contribution in [-0.2, 0) is 23.2 Å². The second-order valence-corrected chi connectivity index (χ2v) is 5.53. The van der Waals surface area contributed by atoms with E-state index in [0.29, 0.717) is 0 Å². The van der Waals surface area contributed by atoms with E-state index in [4.69, 9.17) is 5.11 Å². The Labute approximate surface area is 113 Å². The van der Waals surface area contributed by atoms with Crippen molar-refractivity contribution in [3.05, 3.63) is 47.4 Å². The molecule has 1 aromatic carbocycles. The predicted octanol–water partition coefficient (Wildman–Crippen LogP) is 0.924. The van der Waals surface area contributed by atoms with Gasteiger partial charge >= 0.3 is 0 Å². The van der Waals surface area contributed by atoms with E-state index in [1.54, 1.807) is 0 Å². The molecular formula is C11H10F2N2O4S. The Morgan fingerprint density at radius 2 is 2.05 bits per heavy atom. The lowest BCUT2D eigenvalue weighted by Crippen LogP contribution is -2.24. The lowest BCUT2D eigenvalue weighted by molar-refractivity contribution is 0.267. The molecule has 0 unspecified atom stereocenters. The van der Waals surface area contributed by atoms with Crippen molar-refractivity contribution < 1.29 is 26.8 Å². The summed E-state index contributed by atoms with van der Waals surface area (Å²) in [4.78, 5) is -0.748. The molecule has 0 bridgehead atoms. The number of nitrogens with one attached hydrogen (secondary N) is 1. The number of sulfonamides is 1. The molecule has 2 rings (SSSR count). The first kappa shape index (κ1) is 14.6. The summed E-state index contributed by atoms with van der Waals surface area (Å²) < 4.78 is 57.6. The standard InChI is InChI=1S/C11H10F2N2O4S/c12-9-1-2-10(11(13)8(9)6-16)20(17,18)15-5-7-3-4-14-19-7/h1-4,15-16H,5-6H2. The van der Waals surface area contributed by atoms with Gasteiger partial charge in [-0.25, -0.2) is 21.9 Å². The fourth-order valence-electron chi connectivity index (χ4n) is 1.51. The van der Waals surface area contributed by atoms with E-state index in [9.17, 15) is 17.2 Å². The lowest BCUT2D eigenvalue weighted by Gasteiger charge is -2.09. The van der Waals surface area contributed by atoms with Gasteiger partial charge in [-0.15, -0.1) is 0 Å². The van der Waals surface area contributed by atoms with Gasteiger partial charge in [0, 0.05) is 6.07 Å². The molecule has 6 nitrogen and oxygen atoms in total. The van der Waals surface area contributed by atoms with E-state index in [1.165, 1.54) is 12.3 Å². The number of hydrogen-bond acceptors (Lipinski definition) is 5. The van der Waals surface area contributed by atoms with Crippen molar-refractivity contribution in [2.24, 2.45) is 0 Å². The molecule has 2 N–H and O–H groups in total. The third-order valence-electron chi connectivity index (χ3n) is 2.53. The number of nitrogens with zero attached hydrogens (tertiary/aromatic N) is 1. The summed E-state index contributed by atoms with van der Waals surface area (Å²) in [5.74, 6) is -2.10. The third-order valence-corrected chi connectivity index (χ3v) is 3.94. The maximum Gasteiger partial charge on any atom is 0.243 e. The highest BCUT2D eigenvalue weighted by Gasteiger charge is 2.23. The van der Waals surface area contributed by atoms with Crippen LogP contribution in [0.15, 0.2) is 33.8 Å². The smallest absolute Gasteiger partial charge is 0.243 e. The molecule has 0 spiro atoms. The van der Waals surface area contributed by atoms with E-state index in [0.717, 1.165) is 12.1 Å². The molecule has 0 fully saturated rings. The summed E-state index contributed by atoms with van der Waals surface area (Å²) in [6.07, 6.45) is 1.33. The Morgan fingerprint density at radius 3 is 2.65 bits per heavy atom. The van der Waals surface area contributed by atoms with Crippen LogP contribution >= 0.6 is 0 Å². The molecule has 9 heteroatoms. The Kier molecular flexibility index (Phi) is 4.12. The monoisotopic (exact) mass is 304 g/mol. The van der Waals surface area contributed by atoms with E-state index < -0.39 is 38.7 Å². The fourth-order valence-corrected chi connectivity index (χ4v) is 2.60. The first-order valence-electron chi connectivity index (χ1n) is 5.42. The van der Waals surface area contributed by atoms with E-state index in [2.05, 4.69) is 14.4 Å². The second-order valence-electron chi connectivity index (χ2n) is 3.80. The Balaban J connectivity index is 2.30. The lowest BCUT2D eigenvalue weighted by atomic mass is 10.2. The molecule has 0 atom stereocenters. The summed E-state index contributed by atoms with van der Waals surface area (Å²) in [6, 6.07) is 2.99. The molecule has 108 valence electrons. The number of halogens is 2. The quantitative estimate of drug-likeness (QED) is 0.857. The van der Waals surface area contributed by atoms with Crippen LogP contribution in [0.25, 0.3) is 0 Å². The minimum atomic E-state index is -4.21. The number of hydrogen-bond donors (Lipinski definition) is 2. The number of aliphatic hydroxyl groups excluding tert-OH is 1. The van der Waals surface area contributed by atoms with Gasteiger partial charge in [0.05, 0.1) is 24.9 Å². The van der Waals surface area contributed by atoms with E-state index in [-0.39, 0.29) is 12.3 Å². The SMILES string of the molecule is O=S(=O)(NCc1ccno1)c1ccc(F)c(CO)c1F. The van der Waals surface area contributed by atoms with Crippen LogP contribution in [0.5, 0.6) is 0 Å². The van der Waals surface area contributed by atoms with E-state index >= 15 is 0 Å². The normalized spacial score (nSPS) is 11.8. The molecule has 0 saturated carbocycles. The van der Waals surface area contributed by atoms with Gasteiger partial charge in [0.25, 0.3) is 0 Å². The van der Waals surface area contributed by atoms with Crippen molar-refractivity contribution in [1.82, 2.24) is 9.88 Å². The summed E-state index contributed by atoms with van der Waals surface area (Å²) >= 11 is 0. The minimum Gasteiger partial charge on any atom is -0.391 e. The maximum absolute atomic E-state index is 13.8. The second kappa shape index (κ2) is 5.65. The van der Waals surface area contributed by atoms with Gasteiger partial charge in [0.2, 0.25) is 10.0 Å². The molecule has 0 saturated heterocycles. The van der Waals surface area contributed by atoms with Gasteiger partial charge in [0.1, 0.15) is 10.7 Å². The number of rotatable bonds is 5. The molecule has 1 heterocycles. The zero-order valence-electron chi connectivity index (χ0n) is 10.0. The molecular weight excluding hydrogens is 294 g/mol. The van der Waals surface area contributed by atoms with Crippen molar-refractivity contribution in [3.63, 3.8) is 0 Å². The zero-order chi connectivity index (χ0) is 14.8. The molecule has 2 aromatic rings. The first-order chi connectivity index (χ1) is 9.45. The zero-order valence-corrected chi connectivity index (χ0v) is 10.8. The fraction of sp³-hybridized carbons (Fsp3) is 0.182. The van der Waals surface area contributed by atoms with Crippen molar-refractivity contribution in [1.29, 1.82) is 0 Å². The van der Waals surface area contributed by atoms with Gasteiger partial charge in [-0.2, -0.15) is 0 Å². The molecule has 0 amide bonds. The first-order valence-corrected chi connectivity index (χ1v) is 6.91. The molecule has 20 heavy (non-hydrogen) atoms. The van der Waals surface area contributed by atoms with Gasteiger partial charge in [0.15, 0.2) is 11.6 Å². The maximum atomic E-state index is 13.8. The van der Waals surface area contributed by atoms with Crippen molar-refractivity contribution in [3.8, 4) is 0 Å². The molecule has 1 aromatic heterocycles. The van der Waals surface area contributed by atoms with Crippen LogP contribution in [0, 0.1) is 11.6 Å². The molecule has 0 aliphatic carbocycles. The van der Waals surface area contributed by atoms with Gasteiger partial charge in [-0.3, -0.25) is 0 Å².